The van der Waals surface area contributed by atoms with E-state index in [1.54, 1.807) is 19.1 Å². The normalized spacial score (nSPS) is 53.6. The molecule has 7 aliphatic rings. The van der Waals surface area contributed by atoms with Gasteiger partial charge in [0.2, 0.25) is 5.79 Å². The minimum absolute atomic E-state index is 0.101. The van der Waals surface area contributed by atoms with Gasteiger partial charge < -0.3 is 49.6 Å². The Balaban J connectivity index is 1.16. The first-order chi connectivity index (χ1) is 22.5. The standard InChI is InChI=1S/C36H51NO11/c1-19-6-11-26-31(3,40)35(43)25(17-37(26)16-19)33(42)18-34-24(32(33,41)15-27(35)38)10-9-23-30(34,2)13-12-28(36(23,44)48-34)47-29(39)20-7-8-21(45-4)22(14-20)46-5/h7-8,14,19,23-28,38,40-44H,6,9-13,15-18H2,1-5H3/t19-,23-,24-,25-,26+,27-,28-,30-,31+,32+,33-,34+,35+,36+/m0/s1. The van der Waals surface area contributed by atoms with E-state index in [2.05, 4.69) is 11.8 Å². The summed E-state index contributed by atoms with van der Waals surface area (Å²) in [6.45, 7) is 6.57. The first kappa shape index (κ1) is 33.1. The van der Waals surface area contributed by atoms with E-state index in [4.69, 9.17) is 18.9 Å². The van der Waals surface area contributed by atoms with E-state index in [9.17, 15) is 35.4 Å². The number of nitrogens with zero attached hydrogens (tertiary/aromatic N) is 1. The van der Waals surface area contributed by atoms with Gasteiger partial charge in [-0.25, -0.2) is 4.79 Å². The number of aliphatic hydroxyl groups is 6. The minimum atomic E-state index is -2.10. The van der Waals surface area contributed by atoms with Crippen molar-refractivity contribution in [2.75, 3.05) is 27.3 Å². The first-order valence-corrected chi connectivity index (χ1v) is 17.6. The van der Waals surface area contributed by atoms with Crippen LogP contribution in [0.3, 0.4) is 0 Å². The molecule has 0 radical (unpaired) electrons. The Kier molecular flexibility index (Phi) is 6.94. The molecule has 6 N–H and O–H groups in total. The maximum absolute atomic E-state index is 13.5. The van der Waals surface area contributed by atoms with Crippen molar-refractivity contribution in [3.8, 4) is 11.5 Å². The molecule has 1 spiro atoms. The molecule has 4 bridgehead atoms. The van der Waals surface area contributed by atoms with Crippen molar-refractivity contribution in [2.24, 2.45) is 29.1 Å². The first-order valence-electron chi connectivity index (χ1n) is 17.6. The number of aliphatic hydroxyl groups excluding tert-OH is 1. The molecule has 12 nitrogen and oxygen atoms in total. The molecule has 4 saturated carbocycles. The summed E-state index contributed by atoms with van der Waals surface area (Å²) >= 11 is 0. The van der Waals surface area contributed by atoms with Crippen LogP contribution in [0.5, 0.6) is 11.5 Å². The number of hydrogen-bond acceptors (Lipinski definition) is 12. The number of methoxy groups -OCH3 is 2. The van der Waals surface area contributed by atoms with Gasteiger partial charge in [0.25, 0.3) is 0 Å². The van der Waals surface area contributed by atoms with Gasteiger partial charge in [-0.1, -0.05) is 13.8 Å². The van der Waals surface area contributed by atoms with E-state index < -0.39 is 81.2 Å². The van der Waals surface area contributed by atoms with E-state index in [1.807, 2.05) is 6.92 Å². The Morgan fingerprint density at radius 3 is 2.31 bits per heavy atom. The van der Waals surface area contributed by atoms with Gasteiger partial charge in [-0.3, -0.25) is 4.90 Å². The Bertz CT molecular complexity index is 1520. The summed E-state index contributed by atoms with van der Waals surface area (Å²) in [7, 11) is 2.97. The monoisotopic (exact) mass is 673 g/mol. The van der Waals surface area contributed by atoms with Crippen molar-refractivity contribution in [2.45, 2.75) is 124 Å². The molecule has 266 valence electrons. The zero-order valence-electron chi connectivity index (χ0n) is 28.5. The zero-order chi connectivity index (χ0) is 34.4. The van der Waals surface area contributed by atoms with Crippen LogP contribution in [0.1, 0.15) is 82.5 Å². The fourth-order valence-electron chi connectivity index (χ4n) is 12.6. The second-order valence-electron chi connectivity index (χ2n) is 16.8. The van der Waals surface area contributed by atoms with Gasteiger partial charge in [0.15, 0.2) is 17.6 Å². The Morgan fingerprint density at radius 2 is 1.60 bits per heavy atom. The molecule has 3 aliphatic heterocycles. The van der Waals surface area contributed by atoms with E-state index >= 15 is 0 Å². The fraction of sp³-hybridized carbons (Fsp3) is 0.806. The van der Waals surface area contributed by atoms with E-state index in [0.717, 1.165) is 6.42 Å². The predicted octanol–water partition coefficient (Wildman–Crippen LogP) is 1.36. The lowest BCUT2D eigenvalue weighted by Crippen LogP contribution is -2.85. The molecule has 0 amide bonds. The van der Waals surface area contributed by atoms with Crippen LogP contribution in [0.2, 0.25) is 0 Å². The Morgan fingerprint density at radius 1 is 0.896 bits per heavy atom. The van der Waals surface area contributed by atoms with Gasteiger partial charge in [-0.2, -0.15) is 0 Å². The molecule has 12 heteroatoms. The summed E-state index contributed by atoms with van der Waals surface area (Å²) < 4.78 is 23.5. The number of piperidine rings is 2. The molecule has 8 rings (SSSR count). The third kappa shape index (κ3) is 3.66. The van der Waals surface area contributed by atoms with Crippen molar-refractivity contribution in [1.29, 1.82) is 0 Å². The highest BCUT2D eigenvalue weighted by molar-refractivity contribution is 5.90. The van der Waals surface area contributed by atoms with E-state index in [1.165, 1.54) is 20.3 Å². The summed E-state index contributed by atoms with van der Waals surface area (Å²) in [5, 5.41) is 74.7. The number of ether oxygens (including phenoxy) is 4. The molecule has 1 aromatic carbocycles. The lowest BCUT2D eigenvalue weighted by Gasteiger charge is -2.68. The predicted molar refractivity (Wildman–Crippen MR) is 169 cm³/mol. The Labute approximate surface area is 280 Å². The van der Waals surface area contributed by atoms with Crippen LogP contribution in [0.15, 0.2) is 18.2 Å². The highest BCUT2D eigenvalue weighted by atomic mass is 16.7. The van der Waals surface area contributed by atoms with Crippen molar-refractivity contribution in [3.05, 3.63) is 23.8 Å². The summed E-state index contributed by atoms with van der Waals surface area (Å²) in [5.41, 5.74) is -9.44. The van der Waals surface area contributed by atoms with Crippen LogP contribution >= 0.6 is 0 Å². The second-order valence-corrected chi connectivity index (χ2v) is 16.8. The largest absolute Gasteiger partial charge is 0.493 e. The summed E-state index contributed by atoms with van der Waals surface area (Å²) in [6.07, 6.45) is 0.172. The summed E-state index contributed by atoms with van der Waals surface area (Å²) in [5.74, 6) is -3.63. The molecular weight excluding hydrogens is 622 g/mol. The fourth-order valence-corrected chi connectivity index (χ4v) is 12.6. The minimum Gasteiger partial charge on any atom is -0.493 e. The van der Waals surface area contributed by atoms with Gasteiger partial charge in [-0.15, -0.1) is 0 Å². The van der Waals surface area contributed by atoms with Gasteiger partial charge in [-0.05, 0) is 69.6 Å². The summed E-state index contributed by atoms with van der Waals surface area (Å²) in [4.78, 5) is 15.6. The number of carbonyl (C=O) groups is 1. The van der Waals surface area contributed by atoms with Crippen molar-refractivity contribution >= 4 is 5.97 Å². The number of benzene rings is 1. The van der Waals surface area contributed by atoms with Crippen molar-refractivity contribution in [3.63, 3.8) is 0 Å². The number of rotatable bonds is 4. The average Bonchev–Trinajstić information content (AvgIpc) is 3.21. The van der Waals surface area contributed by atoms with Gasteiger partial charge in [0.05, 0.1) is 31.5 Å². The third-order valence-electron chi connectivity index (χ3n) is 14.9. The number of esters is 1. The van der Waals surface area contributed by atoms with Crippen molar-refractivity contribution < 1.29 is 54.4 Å². The van der Waals surface area contributed by atoms with Gasteiger partial charge >= 0.3 is 5.97 Å². The van der Waals surface area contributed by atoms with Gasteiger partial charge in [0.1, 0.15) is 22.4 Å². The third-order valence-corrected chi connectivity index (χ3v) is 14.9. The molecule has 0 unspecified atom stereocenters. The second kappa shape index (κ2) is 10.1. The zero-order valence-corrected chi connectivity index (χ0v) is 28.5. The molecule has 3 heterocycles. The molecule has 14 atom stereocenters. The number of fused-ring (bicyclic) bond motifs is 5. The maximum Gasteiger partial charge on any atom is 0.338 e. The lowest BCUT2D eigenvalue weighted by molar-refractivity contribution is -0.354. The van der Waals surface area contributed by atoms with Gasteiger partial charge in [0, 0.05) is 55.1 Å². The quantitative estimate of drug-likeness (QED) is 0.253. The topological polar surface area (TPSA) is 179 Å². The molecule has 48 heavy (non-hydrogen) atoms. The van der Waals surface area contributed by atoms with Crippen LogP contribution in [0, 0.1) is 29.1 Å². The highest BCUT2D eigenvalue weighted by Gasteiger charge is 2.88. The number of carbonyl (C=O) groups excluding carboxylic acids is 1. The Hall–Kier alpha value is -2.03. The average molecular weight is 674 g/mol. The van der Waals surface area contributed by atoms with Crippen molar-refractivity contribution in [1.82, 2.24) is 4.90 Å². The van der Waals surface area contributed by atoms with Crippen LogP contribution < -0.4 is 9.47 Å². The molecule has 4 aliphatic carbocycles. The maximum atomic E-state index is 13.5. The van der Waals surface area contributed by atoms with E-state index in [-0.39, 0.29) is 24.9 Å². The van der Waals surface area contributed by atoms with Crippen LogP contribution in [0.4, 0.5) is 0 Å². The van der Waals surface area contributed by atoms with Crippen LogP contribution in [-0.2, 0) is 9.47 Å². The van der Waals surface area contributed by atoms with Crippen LogP contribution in [0.25, 0.3) is 0 Å². The summed E-state index contributed by atoms with van der Waals surface area (Å²) in [6, 6.07) is 4.28. The number of hydrogen-bond donors (Lipinski definition) is 6. The molecular formula is C36H51NO11. The molecule has 3 saturated heterocycles. The molecule has 1 aromatic rings. The smallest absolute Gasteiger partial charge is 0.338 e. The van der Waals surface area contributed by atoms with Crippen LogP contribution in [-0.4, -0.2) is 121 Å². The van der Waals surface area contributed by atoms with E-state index in [0.29, 0.717) is 56.1 Å². The SMILES string of the molecule is COc1ccc(C(=O)O[C@H]2CC[C@@]3(C)[C@@H]4CC[C@H]5[C@]6(O)C[C@H](O)[C@]7(O)[C@@H](CN8C[C@@H](C)CC[C@@H]8[C@@]7(C)O)[C@@]6(O)C[C@@]53O[C@@]24O)cc1OC. The lowest BCUT2D eigenvalue weighted by atomic mass is 9.49. The molecule has 0 aromatic heterocycles. The molecule has 7 fully saturated rings. The highest BCUT2D eigenvalue weighted by Crippen LogP contribution is 2.78.